The molecule has 5 nitrogen and oxygen atoms in total. The molecule has 1 fully saturated rings. The maximum absolute atomic E-state index is 12.1. The minimum absolute atomic E-state index is 0. The number of methoxy groups -OCH3 is 1. The van der Waals surface area contributed by atoms with Gasteiger partial charge in [-0.05, 0) is 57.5 Å². The first-order valence-corrected chi connectivity index (χ1v) is 7.87. The molecule has 1 atom stereocenters. The van der Waals surface area contributed by atoms with Crippen LogP contribution in [0.25, 0.3) is 0 Å². The number of ether oxygens (including phenoxy) is 1. The maximum Gasteiger partial charge on any atom is 0.239 e. The Balaban J connectivity index is 0.00000264. The summed E-state index contributed by atoms with van der Waals surface area (Å²) >= 11 is 0. The number of benzene rings is 1. The highest BCUT2D eigenvalue weighted by molar-refractivity contribution is 5.86. The minimum atomic E-state index is -0.857. The second kappa shape index (κ2) is 10.1. The van der Waals surface area contributed by atoms with Crippen molar-refractivity contribution >= 4 is 30.7 Å². The second-order valence-corrected chi connectivity index (χ2v) is 6.47. The zero-order valence-electron chi connectivity index (χ0n) is 14.6. The van der Waals surface area contributed by atoms with Crippen molar-refractivity contribution in [1.82, 2.24) is 10.2 Å². The number of carbonyl (C=O) groups is 1. The SMILES string of the molecule is COc1cccc(C(CNC(=O)C(C)(C)N)N2CCCC2)c1.Cl.Cl. The molecular weight excluding hydrogens is 349 g/mol. The first-order chi connectivity index (χ1) is 10.4. The van der Waals surface area contributed by atoms with Crippen molar-refractivity contribution in [3.8, 4) is 5.75 Å². The Labute approximate surface area is 157 Å². The zero-order valence-corrected chi connectivity index (χ0v) is 16.2. The molecule has 1 aromatic rings. The standard InChI is InChI=1S/C17H27N3O2.2ClH/c1-17(2,18)16(21)19-12-15(20-9-4-5-10-20)13-7-6-8-14(11-13)22-3;;/h6-8,11,15H,4-5,9-10,12,18H2,1-3H3,(H,19,21);2*1H. The second-order valence-electron chi connectivity index (χ2n) is 6.47. The number of nitrogens with zero attached hydrogens (tertiary/aromatic N) is 1. The van der Waals surface area contributed by atoms with Gasteiger partial charge in [0.25, 0.3) is 0 Å². The summed E-state index contributed by atoms with van der Waals surface area (Å²) < 4.78 is 5.32. The van der Waals surface area contributed by atoms with E-state index >= 15 is 0 Å². The molecule has 1 aliphatic heterocycles. The monoisotopic (exact) mass is 377 g/mol. The Morgan fingerprint density at radius 1 is 1.33 bits per heavy atom. The summed E-state index contributed by atoms with van der Waals surface area (Å²) in [5.41, 5.74) is 6.16. The number of amides is 1. The average molecular weight is 378 g/mol. The van der Waals surface area contributed by atoms with Gasteiger partial charge in [-0.3, -0.25) is 9.69 Å². The summed E-state index contributed by atoms with van der Waals surface area (Å²) in [6.45, 7) is 6.12. The van der Waals surface area contributed by atoms with Gasteiger partial charge < -0.3 is 15.8 Å². The van der Waals surface area contributed by atoms with Crippen LogP contribution in [0.2, 0.25) is 0 Å². The van der Waals surface area contributed by atoms with Crippen molar-refractivity contribution in [2.75, 3.05) is 26.7 Å². The van der Waals surface area contributed by atoms with Gasteiger partial charge in [0.05, 0.1) is 18.7 Å². The molecule has 24 heavy (non-hydrogen) atoms. The number of halogens is 2. The van der Waals surface area contributed by atoms with Crippen molar-refractivity contribution in [3.63, 3.8) is 0 Å². The molecule has 0 spiro atoms. The van der Waals surface area contributed by atoms with Gasteiger partial charge in [-0.25, -0.2) is 0 Å². The van der Waals surface area contributed by atoms with Gasteiger partial charge in [0.2, 0.25) is 5.91 Å². The van der Waals surface area contributed by atoms with Crippen molar-refractivity contribution < 1.29 is 9.53 Å². The van der Waals surface area contributed by atoms with Crippen LogP contribution < -0.4 is 15.8 Å². The van der Waals surface area contributed by atoms with Crippen molar-refractivity contribution in [2.45, 2.75) is 38.3 Å². The number of likely N-dealkylation sites (tertiary alicyclic amines) is 1. The predicted molar refractivity (Wildman–Crippen MR) is 102 cm³/mol. The lowest BCUT2D eigenvalue weighted by Gasteiger charge is -2.29. The number of nitrogens with one attached hydrogen (secondary N) is 1. The van der Waals surface area contributed by atoms with E-state index in [0.29, 0.717) is 6.54 Å². The van der Waals surface area contributed by atoms with E-state index in [1.54, 1.807) is 21.0 Å². The van der Waals surface area contributed by atoms with Gasteiger partial charge in [0.15, 0.2) is 0 Å². The van der Waals surface area contributed by atoms with Gasteiger partial charge in [-0.2, -0.15) is 0 Å². The Kier molecular flexibility index (Phi) is 9.66. The number of rotatable bonds is 6. The normalized spacial score (nSPS) is 15.8. The molecule has 0 aromatic heterocycles. The highest BCUT2D eigenvalue weighted by atomic mass is 35.5. The van der Waals surface area contributed by atoms with Crippen LogP contribution in [0.15, 0.2) is 24.3 Å². The summed E-state index contributed by atoms with van der Waals surface area (Å²) in [6.07, 6.45) is 2.41. The van der Waals surface area contributed by atoms with E-state index in [9.17, 15) is 4.79 Å². The number of carbonyl (C=O) groups excluding carboxylic acids is 1. The van der Waals surface area contributed by atoms with Crippen molar-refractivity contribution in [2.24, 2.45) is 5.73 Å². The fourth-order valence-corrected chi connectivity index (χ4v) is 2.78. The molecule has 3 N–H and O–H groups in total. The largest absolute Gasteiger partial charge is 0.497 e. The molecular formula is C17H29Cl2N3O2. The first kappa shape index (κ1) is 23.0. The van der Waals surface area contributed by atoms with Crippen LogP contribution >= 0.6 is 24.8 Å². The number of hydrogen-bond acceptors (Lipinski definition) is 4. The quantitative estimate of drug-likeness (QED) is 0.798. The Morgan fingerprint density at radius 3 is 2.50 bits per heavy atom. The smallest absolute Gasteiger partial charge is 0.239 e. The zero-order chi connectivity index (χ0) is 16.2. The Bertz CT molecular complexity index is 515. The number of nitrogens with two attached hydrogens (primary N) is 1. The van der Waals surface area contributed by atoms with E-state index in [1.165, 1.54) is 12.8 Å². The van der Waals surface area contributed by atoms with E-state index < -0.39 is 5.54 Å². The van der Waals surface area contributed by atoms with Crippen LogP contribution in [0.5, 0.6) is 5.75 Å². The van der Waals surface area contributed by atoms with Crippen molar-refractivity contribution in [3.05, 3.63) is 29.8 Å². The van der Waals surface area contributed by atoms with Crippen LogP contribution in [0, 0.1) is 0 Å². The van der Waals surface area contributed by atoms with Gasteiger partial charge >= 0.3 is 0 Å². The number of hydrogen-bond donors (Lipinski definition) is 2. The summed E-state index contributed by atoms with van der Waals surface area (Å²) in [5.74, 6) is 0.715. The summed E-state index contributed by atoms with van der Waals surface area (Å²) in [5, 5.41) is 2.99. The summed E-state index contributed by atoms with van der Waals surface area (Å²) in [4.78, 5) is 14.5. The summed E-state index contributed by atoms with van der Waals surface area (Å²) in [7, 11) is 1.67. The highest BCUT2D eigenvalue weighted by Crippen LogP contribution is 2.27. The predicted octanol–water partition coefficient (Wildman–Crippen LogP) is 2.53. The molecule has 1 aliphatic rings. The Morgan fingerprint density at radius 2 is 1.96 bits per heavy atom. The van der Waals surface area contributed by atoms with E-state index in [1.807, 2.05) is 18.2 Å². The third-order valence-electron chi connectivity index (χ3n) is 4.10. The molecule has 2 rings (SSSR count). The maximum atomic E-state index is 12.1. The fourth-order valence-electron chi connectivity index (χ4n) is 2.78. The van der Waals surface area contributed by atoms with E-state index in [-0.39, 0.29) is 36.8 Å². The molecule has 1 amide bonds. The van der Waals surface area contributed by atoms with Crippen LogP contribution in [0.4, 0.5) is 0 Å². The first-order valence-electron chi connectivity index (χ1n) is 7.87. The average Bonchev–Trinajstić information content (AvgIpc) is 3.00. The Hall–Kier alpha value is -1.01. The van der Waals surface area contributed by atoms with Gasteiger partial charge in [0.1, 0.15) is 5.75 Å². The van der Waals surface area contributed by atoms with Crippen LogP contribution in [0.1, 0.15) is 38.3 Å². The molecule has 0 bridgehead atoms. The third-order valence-corrected chi connectivity index (χ3v) is 4.10. The van der Waals surface area contributed by atoms with Crippen LogP contribution in [-0.4, -0.2) is 43.1 Å². The van der Waals surface area contributed by atoms with Crippen LogP contribution in [0.3, 0.4) is 0 Å². The third kappa shape index (κ3) is 6.13. The van der Waals surface area contributed by atoms with Crippen LogP contribution in [-0.2, 0) is 4.79 Å². The molecule has 138 valence electrons. The molecule has 1 aromatic carbocycles. The highest BCUT2D eigenvalue weighted by Gasteiger charge is 2.27. The van der Waals surface area contributed by atoms with E-state index in [0.717, 1.165) is 24.4 Å². The molecule has 7 heteroatoms. The fraction of sp³-hybridized carbons (Fsp3) is 0.588. The molecule has 0 aliphatic carbocycles. The molecule has 1 heterocycles. The van der Waals surface area contributed by atoms with Gasteiger partial charge in [-0.15, -0.1) is 24.8 Å². The molecule has 1 unspecified atom stereocenters. The topological polar surface area (TPSA) is 67.6 Å². The van der Waals surface area contributed by atoms with E-state index in [4.69, 9.17) is 10.5 Å². The molecule has 0 radical (unpaired) electrons. The lowest BCUT2D eigenvalue weighted by Crippen LogP contribution is -2.50. The lowest BCUT2D eigenvalue weighted by atomic mass is 10.0. The molecule has 0 saturated carbocycles. The van der Waals surface area contributed by atoms with Crippen molar-refractivity contribution in [1.29, 1.82) is 0 Å². The van der Waals surface area contributed by atoms with Gasteiger partial charge in [0, 0.05) is 6.54 Å². The van der Waals surface area contributed by atoms with E-state index in [2.05, 4.69) is 16.3 Å². The molecule has 1 saturated heterocycles. The summed E-state index contributed by atoms with van der Waals surface area (Å²) in [6, 6.07) is 8.22. The van der Waals surface area contributed by atoms with Gasteiger partial charge in [-0.1, -0.05) is 12.1 Å². The lowest BCUT2D eigenvalue weighted by molar-refractivity contribution is -0.125. The minimum Gasteiger partial charge on any atom is -0.497 e.